The van der Waals surface area contributed by atoms with Crippen molar-refractivity contribution in [3.63, 3.8) is 0 Å². The van der Waals surface area contributed by atoms with Gasteiger partial charge in [0.25, 0.3) is 0 Å². The summed E-state index contributed by atoms with van der Waals surface area (Å²) in [7, 11) is 0. The zero-order valence-corrected chi connectivity index (χ0v) is 11.8. The molecule has 0 bridgehead atoms. The van der Waals surface area contributed by atoms with Gasteiger partial charge in [0.15, 0.2) is 5.78 Å². The molecule has 1 rings (SSSR count). The first-order valence-electron chi connectivity index (χ1n) is 5.87. The highest BCUT2D eigenvalue weighted by Gasteiger charge is 2.19. The lowest BCUT2D eigenvalue weighted by molar-refractivity contribution is 0.0899. The maximum absolute atomic E-state index is 11.7. The lowest BCUT2D eigenvalue weighted by Gasteiger charge is -2.21. The van der Waals surface area contributed by atoms with E-state index in [4.69, 9.17) is 21.4 Å². The summed E-state index contributed by atoms with van der Waals surface area (Å²) in [5, 5.41) is 9.00. The lowest BCUT2D eigenvalue weighted by atomic mass is 9.85. The summed E-state index contributed by atoms with van der Waals surface area (Å²) in [4.78, 5) is 11.7. The average molecular weight is 271 g/mol. The third-order valence-electron chi connectivity index (χ3n) is 2.62. The summed E-state index contributed by atoms with van der Waals surface area (Å²) >= 11 is 5.56. The summed E-state index contributed by atoms with van der Waals surface area (Å²) in [6.45, 7) is 6.01. The Morgan fingerprint density at radius 3 is 2.56 bits per heavy atom. The number of hydrogen-bond acceptors (Lipinski definition) is 3. The normalized spacial score (nSPS) is 11.4. The van der Waals surface area contributed by atoms with Crippen LogP contribution in [0.15, 0.2) is 18.2 Å². The summed E-state index contributed by atoms with van der Waals surface area (Å²) < 4.78 is 5.41. The maximum atomic E-state index is 11.7. The third kappa shape index (κ3) is 3.72. The van der Waals surface area contributed by atoms with Crippen molar-refractivity contribution < 1.29 is 14.6 Å². The van der Waals surface area contributed by atoms with Crippen LogP contribution in [0.1, 0.15) is 36.7 Å². The number of ketones is 1. The van der Waals surface area contributed by atoms with Crippen molar-refractivity contribution >= 4 is 17.4 Å². The van der Waals surface area contributed by atoms with Crippen molar-refractivity contribution in [2.24, 2.45) is 0 Å². The van der Waals surface area contributed by atoms with Crippen LogP contribution >= 0.6 is 11.6 Å². The average Bonchev–Trinajstić information content (AvgIpc) is 2.34. The maximum Gasteiger partial charge on any atom is 0.191 e. The number of aliphatic hydroxyl groups excluding tert-OH is 1. The summed E-state index contributed by atoms with van der Waals surface area (Å²) in [6, 6.07) is 5.47. The van der Waals surface area contributed by atoms with Crippen LogP contribution in [0.2, 0.25) is 0 Å². The Kier molecular flexibility index (Phi) is 5.17. The molecule has 3 nitrogen and oxygen atoms in total. The van der Waals surface area contributed by atoms with Crippen LogP contribution in [0.5, 0.6) is 5.75 Å². The van der Waals surface area contributed by atoms with E-state index in [0.717, 1.165) is 5.56 Å². The van der Waals surface area contributed by atoms with Crippen LogP contribution in [0.3, 0.4) is 0 Å². The van der Waals surface area contributed by atoms with Gasteiger partial charge in [0.05, 0.1) is 11.4 Å². The molecule has 0 spiro atoms. The van der Waals surface area contributed by atoms with Gasteiger partial charge in [-0.3, -0.25) is 4.79 Å². The van der Waals surface area contributed by atoms with Crippen molar-refractivity contribution in [2.75, 3.05) is 19.1 Å². The van der Waals surface area contributed by atoms with E-state index in [0.29, 0.717) is 23.8 Å². The first kappa shape index (κ1) is 15.0. The number of Topliss-reactive ketones (excluding diaryl/α,β-unsaturated/α-hetero) is 1. The topological polar surface area (TPSA) is 46.5 Å². The van der Waals surface area contributed by atoms with Gasteiger partial charge in [0.1, 0.15) is 19.0 Å². The molecule has 1 N–H and O–H groups in total. The summed E-state index contributed by atoms with van der Waals surface area (Å²) in [5.74, 6) is 0.488. The number of aliphatic hydroxyl groups is 1. The Labute approximate surface area is 113 Å². The van der Waals surface area contributed by atoms with E-state index in [9.17, 15) is 4.79 Å². The van der Waals surface area contributed by atoms with Gasteiger partial charge < -0.3 is 9.84 Å². The number of alkyl halides is 1. The number of rotatable bonds is 5. The molecule has 0 saturated heterocycles. The number of ether oxygens (including phenoxy) is 1. The molecule has 0 aliphatic carbocycles. The number of halogens is 1. The van der Waals surface area contributed by atoms with Gasteiger partial charge >= 0.3 is 0 Å². The minimum atomic E-state index is -0.523. The molecule has 0 fully saturated rings. The predicted molar refractivity (Wildman–Crippen MR) is 72.8 cm³/mol. The second kappa shape index (κ2) is 6.21. The lowest BCUT2D eigenvalue weighted by Crippen LogP contribution is -2.15. The van der Waals surface area contributed by atoms with Gasteiger partial charge in [-0.1, -0.05) is 26.8 Å². The fourth-order valence-electron chi connectivity index (χ4n) is 1.57. The molecule has 4 heteroatoms. The predicted octanol–water partition coefficient (Wildman–Crippen LogP) is 2.78. The smallest absolute Gasteiger partial charge is 0.191 e. The monoisotopic (exact) mass is 270 g/mol. The SMILES string of the molecule is CC(C)(C)c1ccc(OCCCl)c(C(=O)CO)c1. The second-order valence-electron chi connectivity index (χ2n) is 5.08. The van der Waals surface area contributed by atoms with Crippen LogP contribution in [0.4, 0.5) is 0 Å². The van der Waals surface area contributed by atoms with Crippen molar-refractivity contribution in [2.45, 2.75) is 26.2 Å². The standard InChI is InChI=1S/C14H19ClO3/c1-14(2,3)10-4-5-13(18-7-6-15)11(8-10)12(17)9-16/h4-5,8,16H,6-7,9H2,1-3H3. The van der Waals surface area contributed by atoms with E-state index < -0.39 is 6.61 Å². The molecule has 0 heterocycles. The summed E-state index contributed by atoms with van der Waals surface area (Å²) in [5.41, 5.74) is 1.38. The highest BCUT2D eigenvalue weighted by molar-refractivity contribution is 6.18. The van der Waals surface area contributed by atoms with Crippen LogP contribution < -0.4 is 4.74 Å². The van der Waals surface area contributed by atoms with Gasteiger partial charge in [-0.15, -0.1) is 11.6 Å². The van der Waals surface area contributed by atoms with E-state index >= 15 is 0 Å². The quantitative estimate of drug-likeness (QED) is 0.661. The van der Waals surface area contributed by atoms with Crippen LogP contribution in [0.25, 0.3) is 0 Å². The fraction of sp³-hybridized carbons (Fsp3) is 0.500. The molecule has 0 aliphatic heterocycles. The third-order valence-corrected chi connectivity index (χ3v) is 2.78. The second-order valence-corrected chi connectivity index (χ2v) is 5.46. The van der Waals surface area contributed by atoms with E-state index in [-0.39, 0.29) is 11.2 Å². The molecule has 0 aromatic heterocycles. The van der Waals surface area contributed by atoms with Crippen LogP contribution in [0, 0.1) is 0 Å². The van der Waals surface area contributed by atoms with Crippen molar-refractivity contribution in [3.8, 4) is 5.75 Å². The highest BCUT2D eigenvalue weighted by atomic mass is 35.5. The molecule has 0 unspecified atom stereocenters. The van der Waals surface area contributed by atoms with Gasteiger partial charge in [-0.05, 0) is 23.1 Å². The summed E-state index contributed by atoms with van der Waals surface area (Å²) in [6.07, 6.45) is 0. The van der Waals surface area contributed by atoms with Gasteiger partial charge in [-0.2, -0.15) is 0 Å². The molecule has 0 saturated carbocycles. The molecule has 0 amide bonds. The van der Waals surface area contributed by atoms with Gasteiger partial charge in [-0.25, -0.2) is 0 Å². The number of benzene rings is 1. The Hall–Kier alpha value is -1.06. The number of hydrogen-bond donors (Lipinski definition) is 1. The minimum absolute atomic E-state index is 0.0600. The number of carbonyl (C=O) groups is 1. The molecule has 18 heavy (non-hydrogen) atoms. The Morgan fingerprint density at radius 2 is 2.06 bits per heavy atom. The van der Waals surface area contributed by atoms with E-state index in [1.807, 2.05) is 6.07 Å². The van der Waals surface area contributed by atoms with Crippen LogP contribution in [-0.4, -0.2) is 30.0 Å². The molecule has 0 radical (unpaired) electrons. The molecule has 0 aliphatic rings. The van der Waals surface area contributed by atoms with E-state index in [1.54, 1.807) is 12.1 Å². The van der Waals surface area contributed by atoms with E-state index in [1.165, 1.54) is 0 Å². The largest absolute Gasteiger partial charge is 0.492 e. The first-order valence-corrected chi connectivity index (χ1v) is 6.41. The number of carbonyl (C=O) groups excluding carboxylic acids is 1. The Balaban J connectivity index is 3.16. The molecular formula is C14H19ClO3. The Morgan fingerprint density at radius 1 is 1.39 bits per heavy atom. The van der Waals surface area contributed by atoms with Gasteiger partial charge in [0.2, 0.25) is 0 Å². The van der Waals surface area contributed by atoms with Gasteiger partial charge in [0, 0.05) is 0 Å². The minimum Gasteiger partial charge on any atom is -0.492 e. The zero-order chi connectivity index (χ0) is 13.8. The van der Waals surface area contributed by atoms with Crippen molar-refractivity contribution in [1.29, 1.82) is 0 Å². The van der Waals surface area contributed by atoms with Crippen LogP contribution in [-0.2, 0) is 5.41 Å². The van der Waals surface area contributed by atoms with E-state index in [2.05, 4.69) is 20.8 Å². The van der Waals surface area contributed by atoms with Crippen molar-refractivity contribution in [3.05, 3.63) is 29.3 Å². The molecule has 1 aromatic rings. The fourth-order valence-corrected chi connectivity index (χ4v) is 1.65. The molecular weight excluding hydrogens is 252 g/mol. The zero-order valence-electron chi connectivity index (χ0n) is 11.0. The molecule has 1 aromatic carbocycles. The van der Waals surface area contributed by atoms with Crippen molar-refractivity contribution in [1.82, 2.24) is 0 Å². The first-order chi connectivity index (χ1) is 8.40. The molecule has 100 valence electrons. The molecule has 0 atom stereocenters. The highest BCUT2D eigenvalue weighted by Crippen LogP contribution is 2.28. The Bertz CT molecular complexity index is 422.